The second-order valence-corrected chi connectivity index (χ2v) is 9.64. The number of nitrogens with one attached hydrogen (secondary N) is 3. The summed E-state index contributed by atoms with van der Waals surface area (Å²) in [6.45, 7) is 2.19. The van der Waals surface area contributed by atoms with Crippen LogP contribution < -0.4 is 20.7 Å². The summed E-state index contributed by atoms with van der Waals surface area (Å²) in [7, 11) is 1.57. The van der Waals surface area contributed by atoms with Crippen LogP contribution in [0.5, 0.6) is 5.75 Å². The Labute approximate surface area is 230 Å². The van der Waals surface area contributed by atoms with E-state index in [0.29, 0.717) is 59.9 Å². The van der Waals surface area contributed by atoms with Crippen molar-refractivity contribution in [1.29, 1.82) is 0 Å². The molecule has 0 bridgehead atoms. The summed E-state index contributed by atoms with van der Waals surface area (Å²) in [6, 6.07) is 7.30. The Kier molecular flexibility index (Phi) is 8.50. The molecule has 2 aliphatic rings. The number of pyridine rings is 1. The molecule has 2 fully saturated rings. The van der Waals surface area contributed by atoms with Crippen LogP contribution in [0.2, 0.25) is 5.02 Å². The molecule has 11 nitrogen and oxygen atoms in total. The number of benzene rings is 1. The molecule has 0 spiro atoms. The van der Waals surface area contributed by atoms with Crippen molar-refractivity contribution < 1.29 is 23.8 Å². The maximum atomic E-state index is 11.6. The predicted molar refractivity (Wildman–Crippen MR) is 147 cm³/mol. The molecule has 12 heteroatoms. The number of aromatic nitrogens is 3. The number of rotatable bonds is 10. The summed E-state index contributed by atoms with van der Waals surface area (Å²) in [5.74, 6) is 0.966. The molecule has 3 atom stereocenters. The zero-order chi connectivity index (χ0) is 27.2. The van der Waals surface area contributed by atoms with E-state index in [9.17, 15) is 9.59 Å². The second kappa shape index (κ2) is 12.4. The van der Waals surface area contributed by atoms with Gasteiger partial charge in [-0.15, -0.1) is 0 Å². The highest BCUT2D eigenvalue weighted by molar-refractivity contribution is 6.34. The number of nitrogens with zero attached hydrogens (tertiary/aromatic N) is 3. The van der Waals surface area contributed by atoms with Gasteiger partial charge in [-0.1, -0.05) is 29.8 Å². The van der Waals surface area contributed by atoms with Crippen molar-refractivity contribution >= 4 is 46.6 Å². The zero-order valence-electron chi connectivity index (χ0n) is 21.4. The SMILES string of the molecule is COc1cccc(-c2cc3cnc(N[C@@H]4COC[C@@H]4C=CC(=O)NC=O)nc3c(NCC3CCCO3)n2)c1Cl. The first-order valence-corrected chi connectivity index (χ1v) is 13.1. The first-order valence-electron chi connectivity index (χ1n) is 12.7. The first-order chi connectivity index (χ1) is 19.1. The maximum absolute atomic E-state index is 11.6. The van der Waals surface area contributed by atoms with Gasteiger partial charge in [0.25, 0.3) is 0 Å². The van der Waals surface area contributed by atoms with Crippen molar-refractivity contribution in [2.45, 2.75) is 25.0 Å². The number of carbonyl (C=O) groups is 2. The van der Waals surface area contributed by atoms with E-state index in [1.54, 1.807) is 25.4 Å². The van der Waals surface area contributed by atoms with Gasteiger partial charge in [0.15, 0.2) is 5.82 Å². The van der Waals surface area contributed by atoms with Gasteiger partial charge in [-0.2, -0.15) is 0 Å². The third-order valence-electron chi connectivity index (χ3n) is 6.68. The van der Waals surface area contributed by atoms with Crippen LogP contribution in [-0.4, -0.2) is 72.9 Å². The summed E-state index contributed by atoms with van der Waals surface area (Å²) in [6.07, 6.45) is 7.24. The van der Waals surface area contributed by atoms with Crippen molar-refractivity contribution in [2.75, 3.05) is 44.1 Å². The molecule has 1 aromatic carbocycles. The predicted octanol–water partition coefficient (Wildman–Crippen LogP) is 3.20. The van der Waals surface area contributed by atoms with Crippen molar-refractivity contribution in [1.82, 2.24) is 20.3 Å². The monoisotopic (exact) mass is 552 g/mol. The third kappa shape index (κ3) is 6.27. The number of carbonyl (C=O) groups excluding carboxylic acids is 2. The van der Waals surface area contributed by atoms with Crippen LogP contribution in [0.15, 0.2) is 42.6 Å². The summed E-state index contributed by atoms with van der Waals surface area (Å²) in [5, 5.41) is 10.1. The van der Waals surface area contributed by atoms with Crippen molar-refractivity contribution in [3.05, 3.63) is 47.6 Å². The molecule has 1 unspecified atom stereocenters. The fourth-order valence-electron chi connectivity index (χ4n) is 4.64. The number of hydrogen-bond acceptors (Lipinski definition) is 10. The fraction of sp³-hybridized carbons (Fsp3) is 0.370. The number of ether oxygens (including phenoxy) is 3. The topological polar surface area (TPSA) is 137 Å². The number of amides is 2. The number of anilines is 2. The molecule has 2 aromatic heterocycles. The molecule has 2 aliphatic heterocycles. The Bertz CT molecular complexity index is 1380. The number of hydrogen-bond donors (Lipinski definition) is 3. The lowest BCUT2D eigenvalue weighted by atomic mass is 10.0. The Morgan fingerprint density at radius 1 is 1.28 bits per heavy atom. The van der Waals surface area contributed by atoms with E-state index in [2.05, 4.69) is 20.9 Å². The second-order valence-electron chi connectivity index (χ2n) is 9.26. The average molecular weight is 553 g/mol. The average Bonchev–Trinajstić information content (AvgIpc) is 3.63. The molecule has 5 rings (SSSR count). The van der Waals surface area contributed by atoms with Crippen LogP contribution in [0.1, 0.15) is 12.8 Å². The van der Waals surface area contributed by atoms with E-state index in [1.165, 1.54) is 6.08 Å². The quantitative estimate of drug-likeness (QED) is 0.254. The Morgan fingerprint density at radius 2 is 2.18 bits per heavy atom. The smallest absolute Gasteiger partial charge is 0.250 e. The van der Waals surface area contributed by atoms with Gasteiger partial charge in [-0.25, -0.2) is 15.0 Å². The largest absolute Gasteiger partial charge is 0.495 e. The minimum atomic E-state index is -0.488. The van der Waals surface area contributed by atoms with Crippen LogP contribution in [0.4, 0.5) is 11.8 Å². The van der Waals surface area contributed by atoms with Gasteiger partial charge in [-0.05, 0) is 31.1 Å². The molecule has 2 amide bonds. The van der Waals surface area contributed by atoms with Gasteiger partial charge in [0, 0.05) is 36.2 Å². The standard InChI is InChI=1S/C27H29ClN6O5/c1-37-22-6-2-5-19(24(22)28)20-10-17-11-30-27(33-21-14-38-13-16(21)7-8-23(36)31-15-35)34-25(17)26(32-20)29-12-18-4-3-9-39-18/h2,5-8,10-11,15-16,18,21H,3-4,9,12-14H2,1H3,(H,29,32)(H,30,33,34)(H,31,35,36)/t16-,18?,21+/m0/s1. The molecule has 39 heavy (non-hydrogen) atoms. The first kappa shape index (κ1) is 26.8. The van der Waals surface area contributed by atoms with Gasteiger partial charge < -0.3 is 24.8 Å². The molecule has 3 aromatic rings. The highest BCUT2D eigenvalue weighted by Gasteiger charge is 2.27. The molecule has 2 saturated heterocycles. The maximum Gasteiger partial charge on any atom is 0.250 e. The minimum absolute atomic E-state index is 0.102. The lowest BCUT2D eigenvalue weighted by molar-refractivity contribution is -0.121. The Hall–Kier alpha value is -3.80. The molecule has 204 valence electrons. The Balaban J connectivity index is 1.45. The minimum Gasteiger partial charge on any atom is -0.495 e. The number of fused-ring (bicyclic) bond motifs is 1. The number of imide groups is 1. The summed E-state index contributed by atoms with van der Waals surface area (Å²) in [4.78, 5) is 36.3. The molecule has 3 N–H and O–H groups in total. The molecule has 0 aliphatic carbocycles. The lowest BCUT2D eigenvalue weighted by Crippen LogP contribution is -2.28. The van der Waals surface area contributed by atoms with Crippen molar-refractivity contribution in [3.63, 3.8) is 0 Å². The molecular formula is C27H29ClN6O5. The van der Waals surface area contributed by atoms with Crippen LogP contribution in [0.3, 0.4) is 0 Å². The van der Waals surface area contributed by atoms with Crippen LogP contribution in [0.25, 0.3) is 22.2 Å². The van der Waals surface area contributed by atoms with Crippen LogP contribution in [0, 0.1) is 5.92 Å². The number of methoxy groups -OCH3 is 1. The van der Waals surface area contributed by atoms with Crippen LogP contribution in [-0.2, 0) is 19.1 Å². The van der Waals surface area contributed by atoms with Gasteiger partial charge in [-0.3, -0.25) is 14.9 Å². The van der Waals surface area contributed by atoms with Crippen LogP contribution >= 0.6 is 11.6 Å². The number of halogens is 1. The van der Waals surface area contributed by atoms with E-state index in [-0.39, 0.29) is 18.1 Å². The van der Waals surface area contributed by atoms with Crippen molar-refractivity contribution in [3.8, 4) is 17.0 Å². The van der Waals surface area contributed by atoms with E-state index in [0.717, 1.165) is 30.4 Å². The molecule has 0 saturated carbocycles. The van der Waals surface area contributed by atoms with Gasteiger partial charge >= 0.3 is 0 Å². The van der Waals surface area contributed by atoms with E-state index < -0.39 is 5.91 Å². The van der Waals surface area contributed by atoms with Crippen molar-refractivity contribution in [2.24, 2.45) is 5.92 Å². The summed E-state index contributed by atoms with van der Waals surface area (Å²) < 4.78 is 16.8. The lowest BCUT2D eigenvalue weighted by Gasteiger charge is -2.18. The van der Waals surface area contributed by atoms with Gasteiger partial charge in [0.05, 0.1) is 43.2 Å². The molecule has 0 radical (unpaired) electrons. The zero-order valence-corrected chi connectivity index (χ0v) is 22.1. The molecular weight excluding hydrogens is 524 g/mol. The summed E-state index contributed by atoms with van der Waals surface area (Å²) in [5.41, 5.74) is 2.04. The van der Waals surface area contributed by atoms with E-state index in [4.69, 9.17) is 35.8 Å². The fourth-order valence-corrected chi connectivity index (χ4v) is 4.94. The summed E-state index contributed by atoms with van der Waals surface area (Å²) >= 11 is 6.62. The highest BCUT2D eigenvalue weighted by Crippen LogP contribution is 2.36. The molecule has 4 heterocycles. The van der Waals surface area contributed by atoms with E-state index in [1.807, 2.05) is 18.2 Å². The Morgan fingerprint density at radius 3 is 2.97 bits per heavy atom. The van der Waals surface area contributed by atoms with Gasteiger partial charge in [0.2, 0.25) is 18.3 Å². The highest BCUT2D eigenvalue weighted by atomic mass is 35.5. The van der Waals surface area contributed by atoms with E-state index >= 15 is 0 Å². The third-order valence-corrected chi connectivity index (χ3v) is 7.07. The van der Waals surface area contributed by atoms with Gasteiger partial charge in [0.1, 0.15) is 11.3 Å². The normalized spacial score (nSPS) is 20.8.